The predicted molar refractivity (Wildman–Crippen MR) is 104 cm³/mol. The molecule has 0 radical (unpaired) electrons. The van der Waals surface area contributed by atoms with Crippen LogP contribution >= 0.6 is 12.2 Å². The van der Waals surface area contributed by atoms with E-state index < -0.39 is 0 Å². The molecule has 3 fully saturated rings. The Hall–Kier alpha value is -1.13. The molecule has 24 heavy (non-hydrogen) atoms. The van der Waals surface area contributed by atoms with E-state index in [4.69, 9.17) is 12.2 Å². The fraction of sp³-hybridized carbons (Fsp3) is 0.650. The summed E-state index contributed by atoms with van der Waals surface area (Å²) in [6, 6.07) is 11.6. The SMILES string of the molecule is CCc1ccc(NC(=S)NC2C[C@H]3CCC[C@@H](C2)N3C2CC2)cc1. The van der Waals surface area contributed by atoms with Gasteiger partial charge in [-0.3, -0.25) is 4.90 Å². The number of rotatable bonds is 4. The summed E-state index contributed by atoms with van der Waals surface area (Å²) < 4.78 is 0. The zero-order chi connectivity index (χ0) is 16.5. The lowest BCUT2D eigenvalue weighted by molar-refractivity contribution is 0.0209. The van der Waals surface area contributed by atoms with Gasteiger partial charge >= 0.3 is 0 Å². The third-order valence-electron chi connectivity index (χ3n) is 5.95. The highest BCUT2D eigenvalue weighted by molar-refractivity contribution is 7.80. The van der Waals surface area contributed by atoms with E-state index in [-0.39, 0.29) is 0 Å². The lowest BCUT2D eigenvalue weighted by Crippen LogP contribution is -2.57. The molecule has 130 valence electrons. The molecule has 1 saturated carbocycles. The molecule has 0 spiro atoms. The first-order chi connectivity index (χ1) is 11.7. The Bertz CT molecular complexity index is 567. The van der Waals surface area contributed by atoms with Gasteiger partial charge in [0.1, 0.15) is 0 Å². The van der Waals surface area contributed by atoms with Crippen LogP contribution in [0.15, 0.2) is 24.3 Å². The van der Waals surface area contributed by atoms with Crippen molar-refractivity contribution in [1.82, 2.24) is 10.2 Å². The molecule has 2 saturated heterocycles. The average Bonchev–Trinajstić information content (AvgIpc) is 3.39. The first kappa shape index (κ1) is 16.3. The van der Waals surface area contributed by atoms with Crippen molar-refractivity contribution in [3.05, 3.63) is 29.8 Å². The molecule has 3 aliphatic rings. The molecule has 2 heterocycles. The first-order valence-electron chi connectivity index (χ1n) is 9.67. The van der Waals surface area contributed by atoms with E-state index in [0.717, 1.165) is 35.3 Å². The van der Waals surface area contributed by atoms with Crippen molar-refractivity contribution in [1.29, 1.82) is 0 Å². The second kappa shape index (κ2) is 7.01. The van der Waals surface area contributed by atoms with Crippen LogP contribution in [-0.4, -0.2) is 34.2 Å². The Morgan fingerprint density at radius 2 is 1.71 bits per heavy atom. The average molecular weight is 344 g/mol. The standard InChI is InChI=1S/C20H29N3S/c1-2-14-6-8-15(9-7-14)21-20(24)22-16-12-18-4-3-5-19(13-16)23(18)17-10-11-17/h6-9,16-19H,2-5,10-13H2,1H3,(H2,21,22,24)/t16?,18-,19+. The van der Waals surface area contributed by atoms with Gasteiger partial charge in [0.2, 0.25) is 0 Å². The zero-order valence-electron chi connectivity index (χ0n) is 14.6. The van der Waals surface area contributed by atoms with Crippen LogP contribution in [0.25, 0.3) is 0 Å². The number of piperidine rings is 2. The lowest BCUT2D eigenvalue weighted by atomic mass is 9.81. The van der Waals surface area contributed by atoms with Gasteiger partial charge in [-0.2, -0.15) is 0 Å². The third-order valence-corrected chi connectivity index (χ3v) is 6.17. The van der Waals surface area contributed by atoms with Gasteiger partial charge < -0.3 is 10.6 Å². The summed E-state index contributed by atoms with van der Waals surface area (Å²) in [5, 5.41) is 7.74. The molecule has 1 aromatic rings. The molecule has 0 aromatic heterocycles. The number of hydrogen-bond donors (Lipinski definition) is 2. The van der Waals surface area contributed by atoms with Gasteiger partial charge in [0.05, 0.1) is 0 Å². The van der Waals surface area contributed by atoms with E-state index >= 15 is 0 Å². The van der Waals surface area contributed by atoms with Crippen molar-refractivity contribution in [2.75, 3.05) is 5.32 Å². The third kappa shape index (κ3) is 3.60. The smallest absolute Gasteiger partial charge is 0.170 e. The molecule has 2 bridgehead atoms. The molecule has 1 aromatic carbocycles. The van der Waals surface area contributed by atoms with Gasteiger partial charge in [0, 0.05) is 29.9 Å². The molecular weight excluding hydrogens is 314 g/mol. The summed E-state index contributed by atoms with van der Waals surface area (Å²) >= 11 is 5.57. The highest BCUT2D eigenvalue weighted by Crippen LogP contribution is 2.41. The minimum Gasteiger partial charge on any atom is -0.360 e. The van der Waals surface area contributed by atoms with E-state index in [2.05, 4.69) is 46.7 Å². The summed E-state index contributed by atoms with van der Waals surface area (Å²) in [5.74, 6) is 0. The molecule has 1 unspecified atom stereocenters. The van der Waals surface area contributed by atoms with E-state index in [1.807, 2.05) is 0 Å². The first-order valence-corrected chi connectivity index (χ1v) is 10.1. The van der Waals surface area contributed by atoms with Crippen molar-refractivity contribution < 1.29 is 0 Å². The Labute approximate surface area is 151 Å². The number of fused-ring (bicyclic) bond motifs is 2. The highest BCUT2D eigenvalue weighted by Gasteiger charge is 2.44. The Morgan fingerprint density at radius 3 is 2.29 bits per heavy atom. The number of nitrogens with zero attached hydrogens (tertiary/aromatic N) is 1. The second-order valence-electron chi connectivity index (χ2n) is 7.73. The van der Waals surface area contributed by atoms with Gasteiger partial charge in [0.25, 0.3) is 0 Å². The molecule has 3 nitrogen and oxygen atoms in total. The Morgan fingerprint density at radius 1 is 1.04 bits per heavy atom. The summed E-state index contributed by atoms with van der Waals surface area (Å²) in [6.07, 6.45) is 10.6. The fourth-order valence-electron chi connectivity index (χ4n) is 4.68. The van der Waals surface area contributed by atoms with Crippen LogP contribution in [0.2, 0.25) is 0 Å². The maximum Gasteiger partial charge on any atom is 0.170 e. The quantitative estimate of drug-likeness (QED) is 0.806. The maximum atomic E-state index is 5.57. The van der Waals surface area contributed by atoms with E-state index in [9.17, 15) is 0 Å². The maximum absolute atomic E-state index is 5.57. The molecule has 1 aliphatic carbocycles. The Kier molecular flexibility index (Phi) is 4.77. The zero-order valence-corrected chi connectivity index (χ0v) is 15.4. The van der Waals surface area contributed by atoms with Crippen LogP contribution < -0.4 is 10.6 Å². The number of aryl methyl sites for hydroxylation is 1. The van der Waals surface area contributed by atoms with Crippen LogP contribution in [0.1, 0.15) is 57.4 Å². The van der Waals surface area contributed by atoms with Crippen molar-refractivity contribution in [2.24, 2.45) is 0 Å². The van der Waals surface area contributed by atoms with E-state index in [0.29, 0.717) is 6.04 Å². The van der Waals surface area contributed by atoms with Crippen LogP contribution in [0, 0.1) is 0 Å². The van der Waals surface area contributed by atoms with E-state index in [1.54, 1.807) is 0 Å². The predicted octanol–water partition coefficient (Wildman–Crippen LogP) is 4.08. The topological polar surface area (TPSA) is 27.3 Å². The molecular formula is C20H29N3S. The summed E-state index contributed by atoms with van der Waals surface area (Å²) in [5.41, 5.74) is 2.44. The largest absolute Gasteiger partial charge is 0.360 e. The summed E-state index contributed by atoms with van der Waals surface area (Å²) in [6.45, 7) is 2.18. The van der Waals surface area contributed by atoms with Gasteiger partial charge in [-0.15, -0.1) is 0 Å². The van der Waals surface area contributed by atoms with Gasteiger partial charge in [-0.1, -0.05) is 25.5 Å². The molecule has 2 N–H and O–H groups in total. The van der Waals surface area contributed by atoms with Gasteiger partial charge in [0.15, 0.2) is 5.11 Å². The van der Waals surface area contributed by atoms with Crippen molar-refractivity contribution in [3.63, 3.8) is 0 Å². The molecule has 0 amide bonds. The molecule has 2 aliphatic heterocycles. The van der Waals surface area contributed by atoms with Crippen molar-refractivity contribution in [2.45, 2.75) is 82.5 Å². The lowest BCUT2D eigenvalue weighted by Gasteiger charge is -2.49. The minimum absolute atomic E-state index is 0.533. The molecule has 4 rings (SSSR count). The Balaban J connectivity index is 1.32. The fourth-order valence-corrected chi connectivity index (χ4v) is 4.97. The number of nitrogens with one attached hydrogen (secondary N) is 2. The van der Waals surface area contributed by atoms with Crippen LogP contribution in [0.5, 0.6) is 0 Å². The van der Waals surface area contributed by atoms with Crippen LogP contribution in [-0.2, 0) is 6.42 Å². The summed E-state index contributed by atoms with van der Waals surface area (Å²) in [4.78, 5) is 2.86. The van der Waals surface area contributed by atoms with Crippen LogP contribution in [0.4, 0.5) is 5.69 Å². The van der Waals surface area contributed by atoms with Crippen molar-refractivity contribution in [3.8, 4) is 0 Å². The highest BCUT2D eigenvalue weighted by atomic mass is 32.1. The normalized spacial score (nSPS) is 30.0. The number of anilines is 1. The molecule has 3 atom stereocenters. The van der Waals surface area contributed by atoms with E-state index in [1.165, 1.54) is 50.5 Å². The van der Waals surface area contributed by atoms with Crippen molar-refractivity contribution >= 4 is 23.0 Å². The number of hydrogen-bond acceptors (Lipinski definition) is 2. The van der Waals surface area contributed by atoms with Gasteiger partial charge in [-0.25, -0.2) is 0 Å². The second-order valence-corrected chi connectivity index (χ2v) is 8.14. The monoisotopic (exact) mass is 343 g/mol. The van der Waals surface area contributed by atoms with Crippen LogP contribution in [0.3, 0.4) is 0 Å². The minimum atomic E-state index is 0.533. The van der Waals surface area contributed by atoms with Gasteiger partial charge in [-0.05, 0) is 74.9 Å². The number of thiocarbonyl (C=S) groups is 1. The molecule has 4 heteroatoms. The summed E-state index contributed by atoms with van der Waals surface area (Å²) in [7, 11) is 0. The number of benzene rings is 1.